The Kier molecular flexibility index (Phi) is 3.53. The van der Waals surface area contributed by atoms with Crippen LogP contribution in [-0.2, 0) is 0 Å². The van der Waals surface area contributed by atoms with Crippen LogP contribution in [0.4, 0.5) is 0 Å². The van der Waals surface area contributed by atoms with Crippen molar-refractivity contribution in [3.63, 3.8) is 0 Å². The largest absolute Gasteiger partial charge is 0.313 e. The molecule has 1 aromatic heterocycles. The summed E-state index contributed by atoms with van der Waals surface area (Å²) in [5, 5.41) is 11.9. The van der Waals surface area contributed by atoms with Gasteiger partial charge in [-0.1, -0.05) is 30.3 Å². The molecule has 3 atom stereocenters. The van der Waals surface area contributed by atoms with Gasteiger partial charge in [-0.15, -0.1) is 0 Å². The van der Waals surface area contributed by atoms with E-state index < -0.39 is 0 Å². The van der Waals surface area contributed by atoms with Crippen molar-refractivity contribution in [2.75, 3.05) is 7.05 Å². The maximum Gasteiger partial charge on any atom is 0.0648 e. The average Bonchev–Trinajstić information content (AvgIpc) is 3.25. The van der Waals surface area contributed by atoms with Gasteiger partial charge in [-0.3, -0.25) is 0 Å². The topological polar surface area (TPSA) is 37.8 Å². The van der Waals surface area contributed by atoms with Crippen molar-refractivity contribution in [3.8, 4) is 0 Å². The van der Waals surface area contributed by atoms with Crippen molar-refractivity contribution < 1.29 is 0 Å². The minimum absolute atomic E-state index is 0.370. The van der Waals surface area contributed by atoms with Crippen LogP contribution in [-0.4, -0.2) is 17.2 Å². The van der Waals surface area contributed by atoms with E-state index in [0.29, 0.717) is 17.9 Å². The highest BCUT2D eigenvalue weighted by Gasteiger charge is 2.44. The average molecular weight is 267 g/mol. The number of aryl methyl sites for hydroxylation is 2. The lowest BCUT2D eigenvalue weighted by atomic mass is 9.98. The minimum atomic E-state index is 0.370. The number of rotatable bonds is 4. The lowest BCUT2D eigenvalue weighted by Crippen LogP contribution is -2.21. The van der Waals surface area contributed by atoms with Gasteiger partial charge in [0.1, 0.15) is 0 Å². The Hall–Kier alpha value is -1.74. The highest BCUT2D eigenvalue weighted by atomic mass is 15.1. The molecule has 1 heterocycles. The van der Waals surface area contributed by atoms with E-state index in [4.69, 9.17) is 0 Å². The molecule has 2 aromatic rings. The molecule has 0 bridgehead atoms. The van der Waals surface area contributed by atoms with Gasteiger partial charge in [0.15, 0.2) is 0 Å². The first-order chi connectivity index (χ1) is 9.70. The summed E-state index contributed by atoms with van der Waals surface area (Å²) in [4.78, 5) is 0. The molecule has 0 radical (unpaired) electrons. The Morgan fingerprint density at radius 2 is 1.90 bits per heavy atom. The summed E-state index contributed by atoms with van der Waals surface area (Å²) in [5.41, 5.74) is 4.77. The Labute approximate surface area is 120 Å². The number of benzene rings is 1. The lowest BCUT2D eigenvalue weighted by molar-refractivity contribution is 0.511. The van der Waals surface area contributed by atoms with Crippen LogP contribution in [0.1, 0.15) is 40.9 Å². The van der Waals surface area contributed by atoms with Crippen molar-refractivity contribution in [1.82, 2.24) is 15.5 Å². The lowest BCUT2D eigenvalue weighted by Gasteiger charge is -2.18. The Morgan fingerprint density at radius 3 is 2.60 bits per heavy atom. The van der Waals surface area contributed by atoms with Crippen molar-refractivity contribution in [3.05, 3.63) is 58.9 Å². The SMILES string of the molecule is CNC(c1cc(C)nnc1C)C1CC1c1ccccc1. The number of nitrogens with one attached hydrogen (secondary N) is 1. The fraction of sp³-hybridized carbons (Fsp3) is 0.412. The molecule has 1 N–H and O–H groups in total. The van der Waals surface area contributed by atoms with Crippen LogP contribution < -0.4 is 5.32 Å². The number of hydrogen-bond acceptors (Lipinski definition) is 3. The summed E-state index contributed by atoms with van der Waals surface area (Å²) in [6, 6.07) is 13.3. The molecule has 3 unspecified atom stereocenters. The predicted molar refractivity (Wildman–Crippen MR) is 80.6 cm³/mol. The van der Waals surface area contributed by atoms with Crippen molar-refractivity contribution in [2.45, 2.75) is 32.2 Å². The molecule has 3 heteroatoms. The van der Waals surface area contributed by atoms with Crippen LogP contribution in [0.25, 0.3) is 0 Å². The van der Waals surface area contributed by atoms with Crippen LogP contribution in [0.5, 0.6) is 0 Å². The first-order valence-electron chi connectivity index (χ1n) is 7.23. The van der Waals surface area contributed by atoms with Crippen LogP contribution in [0.3, 0.4) is 0 Å². The molecule has 0 aliphatic heterocycles. The van der Waals surface area contributed by atoms with E-state index in [1.54, 1.807) is 0 Å². The summed E-state index contributed by atoms with van der Waals surface area (Å²) in [6.07, 6.45) is 1.25. The van der Waals surface area contributed by atoms with Crippen LogP contribution in [0, 0.1) is 19.8 Å². The molecule has 1 fully saturated rings. The minimum Gasteiger partial charge on any atom is -0.313 e. The van der Waals surface area contributed by atoms with Gasteiger partial charge in [-0.25, -0.2) is 0 Å². The molecule has 0 amide bonds. The van der Waals surface area contributed by atoms with E-state index in [2.05, 4.69) is 51.9 Å². The Morgan fingerprint density at radius 1 is 1.15 bits per heavy atom. The third-order valence-corrected chi connectivity index (χ3v) is 4.28. The number of hydrogen-bond donors (Lipinski definition) is 1. The molecular formula is C17H21N3. The maximum absolute atomic E-state index is 4.27. The van der Waals surface area contributed by atoms with Gasteiger partial charge in [0, 0.05) is 6.04 Å². The van der Waals surface area contributed by atoms with E-state index in [1.807, 2.05) is 20.9 Å². The zero-order chi connectivity index (χ0) is 14.1. The fourth-order valence-corrected chi connectivity index (χ4v) is 3.15. The van der Waals surface area contributed by atoms with Gasteiger partial charge >= 0.3 is 0 Å². The third kappa shape index (κ3) is 2.46. The zero-order valence-electron chi connectivity index (χ0n) is 12.3. The summed E-state index contributed by atoms with van der Waals surface area (Å²) in [7, 11) is 2.04. The molecule has 0 spiro atoms. The number of nitrogens with zero attached hydrogens (tertiary/aromatic N) is 2. The summed E-state index contributed by atoms with van der Waals surface area (Å²) in [6.45, 7) is 4.05. The molecule has 1 saturated carbocycles. The first kappa shape index (κ1) is 13.3. The van der Waals surface area contributed by atoms with E-state index in [9.17, 15) is 0 Å². The molecule has 0 saturated heterocycles. The van der Waals surface area contributed by atoms with Gasteiger partial charge in [0.05, 0.1) is 11.4 Å². The quantitative estimate of drug-likeness (QED) is 0.924. The van der Waals surface area contributed by atoms with Crippen LogP contribution in [0.15, 0.2) is 36.4 Å². The van der Waals surface area contributed by atoms with Crippen molar-refractivity contribution in [2.24, 2.45) is 5.92 Å². The van der Waals surface area contributed by atoms with Crippen LogP contribution in [0.2, 0.25) is 0 Å². The highest BCUT2D eigenvalue weighted by molar-refractivity contribution is 5.32. The molecule has 1 aliphatic carbocycles. The smallest absolute Gasteiger partial charge is 0.0648 e. The van der Waals surface area contributed by atoms with E-state index >= 15 is 0 Å². The summed E-state index contributed by atoms with van der Waals surface area (Å²) >= 11 is 0. The standard InChI is InChI=1S/C17H21N3/c1-11-9-14(12(2)20-19-11)17(18-3)16-10-15(16)13-7-5-4-6-8-13/h4-9,15-18H,10H2,1-3H3. The molecule has 3 rings (SSSR count). The van der Waals surface area contributed by atoms with E-state index in [1.165, 1.54) is 17.5 Å². The summed E-state index contributed by atoms with van der Waals surface area (Å²) in [5.74, 6) is 1.33. The van der Waals surface area contributed by atoms with Crippen molar-refractivity contribution in [1.29, 1.82) is 0 Å². The zero-order valence-corrected chi connectivity index (χ0v) is 12.3. The first-order valence-corrected chi connectivity index (χ1v) is 7.23. The monoisotopic (exact) mass is 267 g/mol. The third-order valence-electron chi connectivity index (χ3n) is 4.28. The highest BCUT2D eigenvalue weighted by Crippen LogP contribution is 2.54. The molecule has 3 nitrogen and oxygen atoms in total. The number of aromatic nitrogens is 2. The maximum atomic E-state index is 4.27. The van der Waals surface area contributed by atoms with Gasteiger partial charge in [0.25, 0.3) is 0 Å². The normalized spacial score (nSPS) is 22.6. The summed E-state index contributed by atoms with van der Waals surface area (Å²) < 4.78 is 0. The molecule has 104 valence electrons. The second kappa shape index (κ2) is 5.33. The van der Waals surface area contributed by atoms with Gasteiger partial charge in [0.2, 0.25) is 0 Å². The molecular weight excluding hydrogens is 246 g/mol. The van der Waals surface area contributed by atoms with Gasteiger partial charge < -0.3 is 5.32 Å². The Bertz CT molecular complexity index is 594. The van der Waals surface area contributed by atoms with Crippen molar-refractivity contribution >= 4 is 0 Å². The molecule has 20 heavy (non-hydrogen) atoms. The van der Waals surface area contributed by atoms with Gasteiger partial charge in [-0.2, -0.15) is 10.2 Å². The predicted octanol–water partition coefficient (Wildman–Crippen LogP) is 3.16. The second-order valence-corrected chi connectivity index (χ2v) is 5.71. The molecule has 1 aliphatic rings. The van der Waals surface area contributed by atoms with Crippen LogP contribution >= 0.6 is 0 Å². The second-order valence-electron chi connectivity index (χ2n) is 5.71. The fourth-order valence-electron chi connectivity index (χ4n) is 3.15. The Balaban J connectivity index is 1.84. The van der Waals surface area contributed by atoms with E-state index in [0.717, 1.165) is 11.4 Å². The molecule has 1 aromatic carbocycles. The van der Waals surface area contributed by atoms with Gasteiger partial charge in [-0.05, 0) is 56.3 Å². The van der Waals surface area contributed by atoms with E-state index in [-0.39, 0.29) is 0 Å².